The van der Waals surface area contributed by atoms with E-state index in [0.29, 0.717) is 5.69 Å². The Kier molecular flexibility index (Phi) is 7.28. The lowest BCUT2D eigenvalue weighted by molar-refractivity contribution is -0.0221. The Morgan fingerprint density at radius 3 is 2.23 bits per heavy atom. The first-order valence-corrected chi connectivity index (χ1v) is 11.0. The Hall–Kier alpha value is -1.62. The molecule has 1 aromatic rings. The summed E-state index contributed by atoms with van der Waals surface area (Å²) in [4.78, 5) is 52.6. The quantitative estimate of drug-likeness (QED) is 0.188. The second-order valence-electron chi connectivity index (χ2n) is 6.22. The van der Waals surface area contributed by atoms with Gasteiger partial charge in [-0.15, -0.1) is 0 Å². The molecule has 0 amide bonds. The molecule has 0 aromatic carbocycles. The van der Waals surface area contributed by atoms with E-state index in [1.54, 1.807) is 11.9 Å². The molecular weight excluding hydrogens is 456 g/mol. The molecule has 3 heterocycles. The molecule has 30 heavy (non-hydrogen) atoms. The summed E-state index contributed by atoms with van der Waals surface area (Å²) >= 11 is 0. The molecule has 0 radical (unpaired) electrons. The average molecular weight is 477 g/mol. The largest absolute Gasteiger partial charge is 0.478 e. The van der Waals surface area contributed by atoms with E-state index in [4.69, 9.17) is 35.2 Å². The van der Waals surface area contributed by atoms with Crippen molar-refractivity contribution in [1.29, 1.82) is 0 Å². The summed E-state index contributed by atoms with van der Waals surface area (Å²) in [5.74, 6) is 0.222. The molecule has 172 valence electrons. The lowest BCUT2D eigenvalue weighted by Gasteiger charge is -2.27. The second kappa shape index (κ2) is 8.86. The van der Waals surface area contributed by atoms with Gasteiger partial charge < -0.3 is 55.2 Å². The number of fused-ring (bicyclic) bond motifs is 1. The lowest BCUT2D eigenvalue weighted by atomic mass is 10.1. The van der Waals surface area contributed by atoms with Crippen LogP contribution in [-0.4, -0.2) is 89.7 Å². The zero-order chi connectivity index (χ0) is 23.0. The van der Waals surface area contributed by atoms with E-state index >= 15 is 0 Å². The summed E-state index contributed by atoms with van der Waals surface area (Å²) in [6.45, 7) is -0.183. The van der Waals surface area contributed by atoms with Crippen molar-refractivity contribution in [2.45, 2.75) is 24.5 Å². The first kappa shape index (κ1) is 24.6. The molecule has 2 aliphatic heterocycles. The van der Waals surface area contributed by atoms with E-state index in [-0.39, 0.29) is 18.4 Å². The molecule has 0 bridgehead atoms. The summed E-state index contributed by atoms with van der Waals surface area (Å²) in [6, 6.07) is 0. The van der Waals surface area contributed by atoms with E-state index in [9.17, 15) is 24.1 Å². The van der Waals surface area contributed by atoms with Crippen molar-refractivity contribution in [1.82, 2.24) is 9.97 Å². The number of hydrogen-bond donors (Lipinski definition) is 9. The smallest absolute Gasteiger partial charge is 0.394 e. The maximum Gasteiger partial charge on any atom is 0.478 e. The summed E-state index contributed by atoms with van der Waals surface area (Å²) in [7, 11) is -8.41. The number of aromatic amines is 1. The van der Waals surface area contributed by atoms with Gasteiger partial charge in [-0.1, -0.05) is 0 Å². The van der Waals surface area contributed by atoms with Gasteiger partial charge in [0.1, 0.15) is 24.0 Å². The summed E-state index contributed by atoms with van der Waals surface area (Å²) in [5.41, 5.74) is 5.46. The molecule has 4 atom stereocenters. The predicted octanol–water partition coefficient (Wildman–Crippen LogP) is -3.81. The van der Waals surface area contributed by atoms with Gasteiger partial charge in [0.2, 0.25) is 5.95 Å². The van der Waals surface area contributed by atoms with E-state index in [1.165, 1.54) is 4.90 Å². The molecule has 17 nitrogen and oxygen atoms in total. The van der Waals surface area contributed by atoms with E-state index in [2.05, 4.69) is 14.3 Å². The van der Waals surface area contributed by atoms with Crippen LogP contribution in [0.1, 0.15) is 0 Å². The number of nitrogen functional groups attached to an aromatic ring is 1. The first-order valence-electron chi connectivity index (χ1n) is 7.97. The normalized spacial score (nSPS) is 26.4. The number of aliphatic hydroxyl groups is 3. The molecule has 0 aliphatic carbocycles. The highest BCUT2D eigenvalue weighted by Gasteiger charge is 2.48. The number of hydrogen-bond acceptors (Lipinski definition) is 12. The zero-order valence-corrected chi connectivity index (χ0v) is 17.0. The molecule has 1 saturated heterocycles. The molecule has 2 aliphatic rings. The number of rotatable bonds is 4. The van der Waals surface area contributed by atoms with Crippen LogP contribution < -0.4 is 21.1 Å². The molecule has 0 unspecified atom stereocenters. The van der Waals surface area contributed by atoms with Gasteiger partial charge in [0.15, 0.2) is 12.0 Å². The third-order valence-electron chi connectivity index (χ3n) is 3.95. The van der Waals surface area contributed by atoms with E-state index in [1.807, 2.05) is 0 Å². The van der Waals surface area contributed by atoms with E-state index in [0.717, 1.165) is 0 Å². The summed E-state index contributed by atoms with van der Waals surface area (Å²) in [5, 5.41) is 29.0. The second-order valence-corrected chi connectivity index (χ2v) is 8.84. The van der Waals surface area contributed by atoms with Crippen LogP contribution in [0.5, 0.6) is 0 Å². The molecule has 0 saturated carbocycles. The SMILES string of the molecule is CN1CN([C@@H]2O[C@H](CO)[C@@H](O)[C@H]2O)c2nc(N)[nH]c(=O)c21.O=P(O)(O)OP(=O)(O)O. The van der Waals surface area contributed by atoms with Crippen LogP contribution in [0.3, 0.4) is 0 Å². The topological polar surface area (TPSA) is 272 Å². The van der Waals surface area contributed by atoms with Crippen LogP contribution in [0.15, 0.2) is 4.79 Å². The van der Waals surface area contributed by atoms with Gasteiger partial charge >= 0.3 is 15.6 Å². The van der Waals surface area contributed by atoms with Gasteiger partial charge in [0, 0.05) is 7.05 Å². The number of nitrogens with one attached hydrogen (secondary N) is 1. The number of nitrogens with two attached hydrogens (primary N) is 1. The van der Waals surface area contributed by atoms with Crippen LogP contribution in [0.25, 0.3) is 0 Å². The number of phosphoric acid groups is 2. The third kappa shape index (κ3) is 5.75. The van der Waals surface area contributed by atoms with Crippen molar-refractivity contribution in [3.8, 4) is 0 Å². The average Bonchev–Trinajstić information content (AvgIpc) is 3.02. The van der Waals surface area contributed by atoms with Crippen LogP contribution in [-0.2, 0) is 18.2 Å². The van der Waals surface area contributed by atoms with Crippen molar-refractivity contribution in [3.63, 3.8) is 0 Å². The minimum Gasteiger partial charge on any atom is -0.394 e. The predicted molar refractivity (Wildman–Crippen MR) is 98.0 cm³/mol. The number of anilines is 3. The highest BCUT2D eigenvalue weighted by atomic mass is 31.3. The van der Waals surface area contributed by atoms with E-state index < -0.39 is 52.4 Å². The first-order chi connectivity index (χ1) is 13.6. The molecule has 0 spiro atoms. The Labute approximate surface area is 167 Å². The molecule has 10 N–H and O–H groups in total. The Bertz CT molecular complexity index is 896. The van der Waals surface area contributed by atoms with Crippen LogP contribution in [0.4, 0.5) is 17.5 Å². The molecule has 1 fully saturated rings. The van der Waals surface area contributed by atoms with Crippen LogP contribution in [0.2, 0.25) is 0 Å². The van der Waals surface area contributed by atoms with Crippen molar-refractivity contribution >= 4 is 33.1 Å². The highest BCUT2D eigenvalue weighted by molar-refractivity contribution is 7.60. The fourth-order valence-corrected chi connectivity index (χ4v) is 3.97. The Morgan fingerprint density at radius 2 is 1.80 bits per heavy atom. The number of aromatic nitrogens is 2. The maximum atomic E-state index is 11.9. The molecule has 19 heteroatoms. The monoisotopic (exact) mass is 477 g/mol. The van der Waals surface area contributed by atoms with Crippen molar-refractivity contribution < 1.29 is 53.1 Å². The van der Waals surface area contributed by atoms with Crippen LogP contribution in [0, 0.1) is 0 Å². The minimum atomic E-state index is -5.05. The van der Waals surface area contributed by atoms with Gasteiger partial charge in [0.25, 0.3) is 5.56 Å². The van der Waals surface area contributed by atoms with Crippen molar-refractivity contribution in [2.75, 3.05) is 35.9 Å². The minimum absolute atomic E-state index is 0.0502. The Morgan fingerprint density at radius 1 is 1.23 bits per heavy atom. The maximum absolute atomic E-state index is 11.9. The van der Waals surface area contributed by atoms with Crippen molar-refractivity contribution in [2.24, 2.45) is 0 Å². The summed E-state index contributed by atoms with van der Waals surface area (Å²) in [6.07, 6.45) is -4.26. The highest BCUT2D eigenvalue weighted by Crippen LogP contribution is 2.53. The number of nitrogens with zero attached hydrogens (tertiary/aromatic N) is 3. The fraction of sp³-hybridized carbons (Fsp3) is 0.636. The molecule has 3 rings (SSSR count). The molecule has 1 aromatic heterocycles. The Balaban J connectivity index is 0.000000303. The fourth-order valence-electron chi connectivity index (χ4n) is 2.86. The number of aliphatic hydroxyl groups excluding tert-OH is 3. The number of H-pyrrole nitrogens is 1. The summed E-state index contributed by atoms with van der Waals surface area (Å²) < 4.78 is 27.7. The van der Waals surface area contributed by atoms with Gasteiger partial charge in [0.05, 0.1) is 13.3 Å². The number of ether oxygens (including phenoxy) is 1. The zero-order valence-electron chi connectivity index (χ0n) is 15.2. The van der Waals surface area contributed by atoms with Crippen molar-refractivity contribution in [3.05, 3.63) is 10.4 Å². The van der Waals surface area contributed by atoms with Crippen LogP contribution >= 0.6 is 15.6 Å². The van der Waals surface area contributed by atoms with Gasteiger partial charge in [-0.25, -0.2) is 9.13 Å². The van der Waals surface area contributed by atoms with Gasteiger partial charge in [-0.3, -0.25) is 9.78 Å². The molecular formula is C11H21N5O12P2. The van der Waals surface area contributed by atoms with Gasteiger partial charge in [-0.2, -0.15) is 9.29 Å². The van der Waals surface area contributed by atoms with Gasteiger partial charge in [-0.05, 0) is 0 Å². The standard InChI is InChI=1S/C11H17N5O5.H4O7P2/c1-15-3-16(8-5(15)9(20)14-11(12)13-8)10-7(19)6(18)4(2-17)21-10;1-8(2,3)7-9(4,5)6/h4,6-7,10,17-19H,2-3H2,1H3,(H3,12,13,14,20);(H2,1,2,3)(H2,4,5,6)/t4-,6-,7-,10-;/m1./s1. The third-order valence-corrected chi connectivity index (χ3v) is 5.65. The lowest BCUT2D eigenvalue weighted by Crippen LogP contribution is -2.45.